The summed E-state index contributed by atoms with van der Waals surface area (Å²) in [5.41, 5.74) is 0.984. The predicted octanol–water partition coefficient (Wildman–Crippen LogP) is 2.01. The van der Waals surface area contributed by atoms with E-state index in [9.17, 15) is 19.5 Å². The summed E-state index contributed by atoms with van der Waals surface area (Å²) in [7, 11) is 0. The lowest BCUT2D eigenvalue weighted by Crippen LogP contribution is -2.57. The van der Waals surface area contributed by atoms with E-state index in [0.29, 0.717) is 39.0 Å². The summed E-state index contributed by atoms with van der Waals surface area (Å²) in [6.45, 7) is 4.37. The van der Waals surface area contributed by atoms with Crippen LogP contribution in [0.3, 0.4) is 0 Å². The number of carbonyl (C=O) groups excluding carboxylic acids is 3. The molecular weight excluding hydrogens is 410 g/mol. The molecule has 0 bridgehead atoms. The second kappa shape index (κ2) is 9.48. The number of amides is 3. The van der Waals surface area contributed by atoms with Crippen molar-refractivity contribution in [2.45, 2.75) is 57.8 Å². The van der Waals surface area contributed by atoms with E-state index in [-0.39, 0.29) is 23.8 Å². The second-order valence-electron chi connectivity index (χ2n) is 9.31. The minimum absolute atomic E-state index is 0.0446. The van der Waals surface area contributed by atoms with Gasteiger partial charge in [-0.25, -0.2) is 4.79 Å². The number of nitrogens with zero attached hydrogens (tertiary/aromatic N) is 3. The Morgan fingerprint density at radius 1 is 1.12 bits per heavy atom. The molecule has 1 saturated carbocycles. The van der Waals surface area contributed by atoms with Crippen LogP contribution < -0.4 is 0 Å². The molecule has 0 radical (unpaired) electrons. The number of ether oxygens (including phenoxy) is 1. The van der Waals surface area contributed by atoms with Crippen molar-refractivity contribution in [1.82, 2.24) is 14.7 Å². The second-order valence-corrected chi connectivity index (χ2v) is 9.31. The molecule has 2 unspecified atom stereocenters. The lowest BCUT2D eigenvalue weighted by molar-refractivity contribution is -0.141. The van der Waals surface area contributed by atoms with E-state index in [0.717, 1.165) is 31.4 Å². The van der Waals surface area contributed by atoms with Gasteiger partial charge in [-0.3, -0.25) is 14.5 Å². The van der Waals surface area contributed by atoms with E-state index >= 15 is 0 Å². The smallest absolute Gasteiger partial charge is 0.410 e. The number of aliphatic hydroxyl groups excluding tert-OH is 1. The fourth-order valence-electron chi connectivity index (χ4n) is 4.77. The van der Waals surface area contributed by atoms with Gasteiger partial charge in [0.05, 0.1) is 6.10 Å². The molecule has 2 heterocycles. The fraction of sp³-hybridized carbons (Fsp3) is 0.625. The Bertz CT molecular complexity index is 841. The van der Waals surface area contributed by atoms with Gasteiger partial charge in [0, 0.05) is 39.1 Å². The van der Waals surface area contributed by atoms with Gasteiger partial charge < -0.3 is 19.6 Å². The van der Waals surface area contributed by atoms with Crippen molar-refractivity contribution in [3.63, 3.8) is 0 Å². The standard InChI is InChI=1S/C24H33N3O5/c1-18-22(30)25(14-15-27(18)23(31)32-17-19-6-3-2-4-7-19)12-5-8-21(29)26-13-11-24(9-10-24)20(28)16-26/h2-4,6-7,18,20,28H,5,8-17H2,1H3. The SMILES string of the molecule is CC1C(=O)N(CCCC(=O)N2CCC3(CC3)C(O)C2)CCN1C(=O)OCc1ccccc1. The molecule has 1 aromatic rings. The summed E-state index contributed by atoms with van der Waals surface area (Å²) >= 11 is 0. The zero-order chi connectivity index (χ0) is 22.7. The molecule has 8 nitrogen and oxygen atoms in total. The highest BCUT2D eigenvalue weighted by Gasteiger charge is 2.51. The Morgan fingerprint density at radius 3 is 2.56 bits per heavy atom. The predicted molar refractivity (Wildman–Crippen MR) is 117 cm³/mol. The van der Waals surface area contributed by atoms with Crippen LogP contribution in [0.1, 0.15) is 44.6 Å². The zero-order valence-electron chi connectivity index (χ0n) is 18.7. The molecule has 1 N–H and O–H groups in total. The number of hydrogen-bond donors (Lipinski definition) is 1. The third-order valence-corrected chi connectivity index (χ3v) is 7.23. The van der Waals surface area contributed by atoms with Crippen molar-refractivity contribution in [1.29, 1.82) is 0 Å². The maximum Gasteiger partial charge on any atom is 0.410 e. The first-order valence-corrected chi connectivity index (χ1v) is 11.6. The molecule has 3 aliphatic rings. The molecule has 1 aromatic carbocycles. The number of β-amino-alcohol motifs (C(OH)–C–C–N with tert-alkyl or cyclic N) is 1. The Balaban J connectivity index is 1.18. The lowest BCUT2D eigenvalue weighted by Gasteiger charge is -2.38. The van der Waals surface area contributed by atoms with Crippen molar-refractivity contribution in [2.75, 3.05) is 32.7 Å². The number of likely N-dealkylation sites (tertiary alicyclic amines) is 1. The van der Waals surface area contributed by atoms with Gasteiger partial charge in [0.1, 0.15) is 12.6 Å². The van der Waals surface area contributed by atoms with Crippen molar-refractivity contribution >= 4 is 17.9 Å². The minimum atomic E-state index is -0.588. The van der Waals surface area contributed by atoms with Crippen molar-refractivity contribution in [3.05, 3.63) is 35.9 Å². The van der Waals surface area contributed by atoms with E-state index in [4.69, 9.17) is 4.74 Å². The molecule has 174 valence electrons. The maximum atomic E-state index is 12.8. The van der Waals surface area contributed by atoms with Crippen LogP contribution in [0.4, 0.5) is 4.79 Å². The average Bonchev–Trinajstić information content (AvgIpc) is 3.58. The fourth-order valence-corrected chi connectivity index (χ4v) is 4.77. The molecule has 8 heteroatoms. The van der Waals surface area contributed by atoms with Crippen LogP contribution in [0.15, 0.2) is 30.3 Å². The van der Waals surface area contributed by atoms with Crippen LogP contribution in [-0.2, 0) is 20.9 Å². The summed E-state index contributed by atoms with van der Waals surface area (Å²) in [5, 5.41) is 10.3. The zero-order valence-corrected chi connectivity index (χ0v) is 18.7. The minimum Gasteiger partial charge on any atom is -0.445 e. The number of hydrogen-bond acceptors (Lipinski definition) is 5. The van der Waals surface area contributed by atoms with E-state index in [1.165, 1.54) is 4.90 Å². The first-order valence-electron chi connectivity index (χ1n) is 11.6. The number of piperazine rings is 1. The van der Waals surface area contributed by atoms with Gasteiger partial charge in [-0.15, -0.1) is 0 Å². The summed E-state index contributed by atoms with van der Waals surface area (Å²) < 4.78 is 5.37. The monoisotopic (exact) mass is 443 g/mol. The van der Waals surface area contributed by atoms with Gasteiger partial charge in [0.15, 0.2) is 0 Å². The van der Waals surface area contributed by atoms with Crippen LogP contribution in [0.5, 0.6) is 0 Å². The van der Waals surface area contributed by atoms with Gasteiger partial charge in [0.2, 0.25) is 11.8 Å². The number of piperidine rings is 1. The van der Waals surface area contributed by atoms with Crippen molar-refractivity contribution in [3.8, 4) is 0 Å². The van der Waals surface area contributed by atoms with Crippen molar-refractivity contribution in [2.24, 2.45) is 5.41 Å². The molecule has 3 fully saturated rings. The van der Waals surface area contributed by atoms with Gasteiger partial charge in [0.25, 0.3) is 0 Å². The van der Waals surface area contributed by atoms with E-state index < -0.39 is 18.2 Å². The molecule has 32 heavy (non-hydrogen) atoms. The van der Waals surface area contributed by atoms with Crippen LogP contribution in [0.2, 0.25) is 0 Å². The maximum absolute atomic E-state index is 12.8. The first kappa shape index (κ1) is 22.6. The van der Waals surface area contributed by atoms with Crippen LogP contribution >= 0.6 is 0 Å². The molecule has 1 spiro atoms. The highest BCUT2D eigenvalue weighted by atomic mass is 16.6. The molecule has 3 amide bonds. The first-order chi connectivity index (χ1) is 15.4. The molecule has 2 aliphatic heterocycles. The third-order valence-electron chi connectivity index (χ3n) is 7.23. The van der Waals surface area contributed by atoms with Crippen LogP contribution in [-0.4, -0.2) is 82.6 Å². The summed E-state index contributed by atoms with van der Waals surface area (Å²) in [6, 6.07) is 8.85. The molecule has 2 atom stereocenters. The van der Waals surface area contributed by atoms with E-state index in [1.54, 1.807) is 16.7 Å². The largest absolute Gasteiger partial charge is 0.445 e. The van der Waals surface area contributed by atoms with Gasteiger partial charge in [-0.2, -0.15) is 0 Å². The number of aliphatic hydroxyl groups is 1. The average molecular weight is 444 g/mol. The third kappa shape index (κ3) is 4.90. The Labute approximate surface area is 189 Å². The molecular formula is C24H33N3O5. The van der Waals surface area contributed by atoms with Gasteiger partial charge >= 0.3 is 6.09 Å². The van der Waals surface area contributed by atoms with Crippen LogP contribution in [0, 0.1) is 5.41 Å². The highest BCUT2D eigenvalue weighted by molar-refractivity contribution is 5.86. The summed E-state index contributed by atoms with van der Waals surface area (Å²) in [4.78, 5) is 42.7. The lowest BCUT2D eigenvalue weighted by atomic mass is 9.90. The number of carbonyl (C=O) groups is 3. The quantitative estimate of drug-likeness (QED) is 0.726. The van der Waals surface area contributed by atoms with E-state index in [2.05, 4.69) is 0 Å². The molecule has 2 saturated heterocycles. The normalized spacial score (nSPS) is 24.6. The topological polar surface area (TPSA) is 90.4 Å². The highest BCUT2D eigenvalue weighted by Crippen LogP contribution is 2.53. The Hall–Kier alpha value is -2.61. The molecule has 4 rings (SSSR count). The van der Waals surface area contributed by atoms with E-state index in [1.807, 2.05) is 30.3 Å². The van der Waals surface area contributed by atoms with Gasteiger partial charge in [-0.05, 0) is 43.6 Å². The Morgan fingerprint density at radius 2 is 1.88 bits per heavy atom. The van der Waals surface area contributed by atoms with Gasteiger partial charge in [-0.1, -0.05) is 30.3 Å². The Kier molecular flexibility index (Phi) is 6.69. The summed E-state index contributed by atoms with van der Waals surface area (Å²) in [6.07, 6.45) is 3.08. The number of benzene rings is 1. The van der Waals surface area contributed by atoms with Crippen LogP contribution in [0.25, 0.3) is 0 Å². The molecule has 1 aliphatic carbocycles. The summed E-state index contributed by atoms with van der Waals surface area (Å²) in [5.74, 6) is -0.0763. The molecule has 0 aromatic heterocycles. The number of rotatable bonds is 6. The van der Waals surface area contributed by atoms with Crippen molar-refractivity contribution < 1.29 is 24.2 Å².